The highest BCUT2D eigenvalue weighted by Gasteiger charge is 2.04. The van der Waals surface area contributed by atoms with Gasteiger partial charge >= 0.3 is 12.1 Å². The molecule has 0 saturated heterocycles. The van der Waals surface area contributed by atoms with Gasteiger partial charge in [-0.15, -0.1) is 0 Å². The first kappa shape index (κ1) is 11.0. The van der Waals surface area contributed by atoms with Crippen LogP contribution in [0.2, 0.25) is 0 Å². The molecule has 0 spiro atoms. The average molecular weight is 209 g/mol. The molecule has 0 bridgehead atoms. The van der Waals surface area contributed by atoms with Crippen molar-refractivity contribution >= 4 is 12.1 Å². The van der Waals surface area contributed by atoms with Gasteiger partial charge in [0, 0.05) is 13.5 Å². The fourth-order valence-corrected chi connectivity index (χ4v) is 0.896. The molecular weight excluding hydrogens is 198 g/mol. The number of hydrogen-bond donors (Lipinski definition) is 1. The molecule has 0 aliphatic rings. The molecule has 15 heavy (non-hydrogen) atoms. The molecule has 0 aromatic heterocycles. The molecule has 80 valence electrons. The Morgan fingerprint density at radius 2 is 1.87 bits per heavy atom. The van der Waals surface area contributed by atoms with Crippen molar-refractivity contribution in [1.82, 2.24) is 5.32 Å². The van der Waals surface area contributed by atoms with Gasteiger partial charge in [0.1, 0.15) is 0 Å². The first-order chi connectivity index (χ1) is 7.18. The molecule has 1 aromatic carbocycles. The summed E-state index contributed by atoms with van der Waals surface area (Å²) in [5.41, 5.74) is 0.928. The number of rotatable bonds is 2. The van der Waals surface area contributed by atoms with Crippen molar-refractivity contribution in [2.45, 2.75) is 13.5 Å². The second-order valence-corrected chi connectivity index (χ2v) is 2.78. The van der Waals surface area contributed by atoms with E-state index in [9.17, 15) is 9.59 Å². The number of hydrogen-bond acceptors (Lipinski definition) is 4. The van der Waals surface area contributed by atoms with Crippen molar-refractivity contribution in [3.63, 3.8) is 0 Å². The Hall–Kier alpha value is -2.04. The van der Waals surface area contributed by atoms with E-state index >= 15 is 0 Å². The van der Waals surface area contributed by atoms with Crippen molar-refractivity contribution in [3.8, 4) is 0 Å². The Bertz CT molecular complexity index is 337. The first-order valence-corrected chi connectivity index (χ1v) is 4.35. The fourth-order valence-electron chi connectivity index (χ4n) is 0.896. The van der Waals surface area contributed by atoms with E-state index in [2.05, 4.69) is 15.1 Å². The van der Waals surface area contributed by atoms with Crippen molar-refractivity contribution in [2.24, 2.45) is 0 Å². The number of amides is 1. The van der Waals surface area contributed by atoms with Crippen LogP contribution in [0.25, 0.3) is 0 Å². The Balaban J connectivity index is 2.26. The summed E-state index contributed by atoms with van der Waals surface area (Å²) >= 11 is 0. The van der Waals surface area contributed by atoms with Crippen molar-refractivity contribution in [1.29, 1.82) is 0 Å². The third kappa shape index (κ3) is 4.66. The van der Waals surface area contributed by atoms with E-state index in [1.54, 1.807) is 0 Å². The predicted molar refractivity (Wildman–Crippen MR) is 51.5 cm³/mol. The van der Waals surface area contributed by atoms with Crippen LogP contribution in [0.15, 0.2) is 30.3 Å². The maximum absolute atomic E-state index is 10.9. The molecule has 0 aliphatic carbocycles. The number of carbonyl (C=O) groups is 2. The summed E-state index contributed by atoms with van der Waals surface area (Å²) in [6.07, 6.45) is -0.797. The molecule has 1 aromatic rings. The zero-order valence-corrected chi connectivity index (χ0v) is 8.23. The van der Waals surface area contributed by atoms with Crippen LogP contribution >= 0.6 is 0 Å². The highest BCUT2D eigenvalue weighted by Crippen LogP contribution is 1.97. The minimum atomic E-state index is -0.797. The quantitative estimate of drug-likeness (QED) is 0.590. The van der Waals surface area contributed by atoms with E-state index in [1.165, 1.54) is 0 Å². The van der Waals surface area contributed by atoms with Crippen LogP contribution in [0.3, 0.4) is 0 Å². The predicted octanol–water partition coefficient (Wildman–Crippen LogP) is 1.39. The highest BCUT2D eigenvalue weighted by atomic mass is 17.2. The van der Waals surface area contributed by atoms with Crippen LogP contribution in [-0.2, 0) is 21.1 Å². The van der Waals surface area contributed by atoms with Gasteiger partial charge in [-0.1, -0.05) is 30.3 Å². The molecule has 0 atom stereocenters. The van der Waals surface area contributed by atoms with Gasteiger partial charge in [-0.05, 0) is 5.56 Å². The molecule has 1 N–H and O–H groups in total. The van der Waals surface area contributed by atoms with E-state index in [0.717, 1.165) is 12.5 Å². The molecule has 0 radical (unpaired) electrons. The third-order valence-corrected chi connectivity index (χ3v) is 1.51. The Morgan fingerprint density at radius 3 is 2.47 bits per heavy atom. The van der Waals surface area contributed by atoms with E-state index in [1.807, 2.05) is 30.3 Å². The van der Waals surface area contributed by atoms with E-state index < -0.39 is 12.1 Å². The first-order valence-electron chi connectivity index (χ1n) is 4.35. The molecule has 5 nitrogen and oxygen atoms in total. The van der Waals surface area contributed by atoms with Crippen LogP contribution in [0.1, 0.15) is 12.5 Å². The van der Waals surface area contributed by atoms with Crippen LogP contribution in [0, 0.1) is 0 Å². The largest absolute Gasteiger partial charge is 0.450 e. The van der Waals surface area contributed by atoms with Crippen LogP contribution in [-0.4, -0.2) is 12.1 Å². The molecule has 0 saturated carbocycles. The van der Waals surface area contributed by atoms with E-state index in [-0.39, 0.29) is 0 Å². The minimum absolute atomic E-state index is 0.320. The summed E-state index contributed by atoms with van der Waals surface area (Å²) in [7, 11) is 0. The number of nitrogens with one attached hydrogen (secondary N) is 1. The summed E-state index contributed by atoms with van der Waals surface area (Å²) in [4.78, 5) is 29.4. The van der Waals surface area contributed by atoms with Gasteiger partial charge in [0.25, 0.3) is 0 Å². The lowest BCUT2D eigenvalue weighted by Gasteiger charge is -2.03. The Labute approximate surface area is 86.9 Å². The van der Waals surface area contributed by atoms with Gasteiger partial charge in [-0.3, -0.25) is 0 Å². The smallest absolute Gasteiger partial charge is 0.314 e. The lowest BCUT2D eigenvalue weighted by molar-refractivity contribution is -0.229. The third-order valence-electron chi connectivity index (χ3n) is 1.51. The zero-order chi connectivity index (χ0) is 11.1. The van der Waals surface area contributed by atoms with Crippen molar-refractivity contribution in [3.05, 3.63) is 35.9 Å². The van der Waals surface area contributed by atoms with Gasteiger partial charge in [0.15, 0.2) is 0 Å². The maximum Gasteiger partial charge on any atom is 0.450 e. The van der Waals surface area contributed by atoms with E-state index in [0.29, 0.717) is 6.54 Å². The molecule has 0 unspecified atom stereocenters. The highest BCUT2D eigenvalue weighted by molar-refractivity contribution is 5.70. The van der Waals surface area contributed by atoms with Crippen molar-refractivity contribution in [2.75, 3.05) is 0 Å². The number of carbonyl (C=O) groups excluding carboxylic acids is 2. The molecule has 1 amide bonds. The summed E-state index contributed by atoms with van der Waals surface area (Å²) in [5.74, 6) is -0.676. The van der Waals surface area contributed by atoms with Gasteiger partial charge in [0.05, 0.1) is 0 Å². The molecule has 5 heteroatoms. The average Bonchev–Trinajstić information content (AvgIpc) is 2.25. The maximum atomic E-state index is 10.9. The minimum Gasteiger partial charge on any atom is -0.314 e. The van der Waals surface area contributed by atoms with E-state index in [4.69, 9.17) is 0 Å². The topological polar surface area (TPSA) is 64.6 Å². The molecule has 1 rings (SSSR count). The Morgan fingerprint density at radius 1 is 1.20 bits per heavy atom. The standard InChI is InChI=1S/C10H11NO4/c1-8(12)14-15-10(13)11-7-9-5-3-2-4-6-9/h2-6H,7H2,1H3,(H,11,13). The monoisotopic (exact) mass is 209 g/mol. The zero-order valence-electron chi connectivity index (χ0n) is 8.23. The van der Waals surface area contributed by atoms with Gasteiger partial charge in [-0.2, -0.15) is 0 Å². The summed E-state index contributed by atoms with van der Waals surface area (Å²) in [6, 6.07) is 9.29. The molecular formula is C10H11NO4. The van der Waals surface area contributed by atoms with Gasteiger partial charge in [-0.25, -0.2) is 19.4 Å². The lowest BCUT2D eigenvalue weighted by atomic mass is 10.2. The summed E-state index contributed by atoms with van der Waals surface area (Å²) in [5, 5.41) is 2.42. The second-order valence-electron chi connectivity index (χ2n) is 2.78. The van der Waals surface area contributed by atoms with Crippen LogP contribution in [0.5, 0.6) is 0 Å². The van der Waals surface area contributed by atoms with Crippen molar-refractivity contribution < 1.29 is 19.4 Å². The van der Waals surface area contributed by atoms with Crippen LogP contribution < -0.4 is 5.32 Å². The molecule has 0 aliphatic heterocycles. The SMILES string of the molecule is CC(=O)OOC(=O)NCc1ccccc1. The molecule has 0 fully saturated rings. The summed E-state index contributed by atoms with van der Waals surface area (Å²) in [6.45, 7) is 1.46. The summed E-state index contributed by atoms with van der Waals surface area (Å²) < 4.78 is 0. The lowest BCUT2D eigenvalue weighted by Crippen LogP contribution is -2.24. The van der Waals surface area contributed by atoms with Crippen LogP contribution in [0.4, 0.5) is 4.79 Å². The fraction of sp³-hybridized carbons (Fsp3) is 0.200. The second kappa shape index (κ2) is 5.64. The van der Waals surface area contributed by atoms with Gasteiger partial charge in [0.2, 0.25) is 0 Å². The van der Waals surface area contributed by atoms with Gasteiger partial charge < -0.3 is 5.32 Å². The normalized spacial score (nSPS) is 9.13. The molecule has 0 heterocycles. The Kier molecular flexibility index (Phi) is 4.15. The number of benzene rings is 1.